The molecule has 0 N–H and O–H groups in total. The van der Waals surface area contributed by atoms with Crippen molar-refractivity contribution < 1.29 is 4.42 Å². The quantitative estimate of drug-likeness (QED) is 0.451. The molecule has 6 rings (SSSR count). The Labute approximate surface area is 181 Å². The second-order valence-electron chi connectivity index (χ2n) is 8.07. The van der Waals surface area contributed by atoms with E-state index < -0.39 is 0 Å². The number of aromatic nitrogens is 2. The van der Waals surface area contributed by atoms with Gasteiger partial charge < -0.3 is 14.2 Å². The summed E-state index contributed by atoms with van der Waals surface area (Å²) in [7, 11) is 0. The highest BCUT2D eigenvalue weighted by atomic mass is 16.3. The van der Waals surface area contributed by atoms with Crippen LogP contribution in [0.1, 0.15) is 19.6 Å². The van der Waals surface area contributed by atoms with Crippen molar-refractivity contribution in [3.63, 3.8) is 0 Å². The van der Waals surface area contributed by atoms with Gasteiger partial charge in [-0.25, -0.2) is 9.97 Å². The van der Waals surface area contributed by atoms with E-state index in [-0.39, 0.29) is 13.0 Å². The normalized spacial score (nSPS) is 17.8. The second kappa shape index (κ2) is 6.64. The molecule has 2 aliphatic rings. The zero-order valence-corrected chi connectivity index (χ0v) is 17.7. The minimum absolute atomic E-state index is 0.0518. The molecular weight excluding hydrogens is 385 g/mol. The Hall–Kier alpha value is -3.74. The SMILES string of the molecule is CB1c2c(oc3ncccc23)C=C(C)N1N1c2ncccc2N(c2ccccc2)[C@@H]1C. The molecule has 0 unspecified atom stereocenters. The van der Waals surface area contributed by atoms with Gasteiger partial charge in [-0.1, -0.05) is 25.0 Å². The van der Waals surface area contributed by atoms with Gasteiger partial charge in [-0.15, -0.1) is 0 Å². The third-order valence-corrected chi connectivity index (χ3v) is 6.26. The molecule has 0 saturated heterocycles. The summed E-state index contributed by atoms with van der Waals surface area (Å²) < 4.78 is 6.07. The molecule has 0 radical (unpaired) electrons. The molecule has 4 aromatic rings. The second-order valence-corrected chi connectivity index (χ2v) is 8.07. The maximum absolute atomic E-state index is 6.07. The number of hydrogen-bond donors (Lipinski definition) is 0. The molecule has 152 valence electrons. The standard InChI is InChI=1S/C24H22BN5O/c1-16-15-21-22(19-11-7-14-27-24(19)31-21)25(3)30(16)29-17(2)28(18-9-5-4-6-10-18)20-12-8-13-26-23(20)29/h4-15,17H,1-3H3/t17-/m0/s1. The van der Waals surface area contributed by atoms with Gasteiger partial charge in [-0.2, -0.15) is 0 Å². The van der Waals surface area contributed by atoms with Gasteiger partial charge >= 0.3 is 6.85 Å². The van der Waals surface area contributed by atoms with Gasteiger partial charge in [0, 0.05) is 34.6 Å². The summed E-state index contributed by atoms with van der Waals surface area (Å²) in [5.74, 6) is 1.84. The molecule has 31 heavy (non-hydrogen) atoms. The van der Waals surface area contributed by atoms with E-state index in [1.165, 1.54) is 0 Å². The van der Waals surface area contributed by atoms with Crippen LogP contribution in [0.25, 0.3) is 17.2 Å². The molecule has 0 spiro atoms. The lowest BCUT2D eigenvalue weighted by molar-refractivity contribution is 0.438. The summed E-state index contributed by atoms with van der Waals surface area (Å²) >= 11 is 0. The average Bonchev–Trinajstić information content (AvgIpc) is 3.29. The molecule has 5 heterocycles. The number of furan rings is 1. The smallest absolute Gasteiger partial charge is 0.315 e. The Kier molecular flexibility index (Phi) is 3.87. The Morgan fingerprint density at radius 1 is 0.968 bits per heavy atom. The zero-order valence-electron chi connectivity index (χ0n) is 17.7. The van der Waals surface area contributed by atoms with Crippen LogP contribution in [-0.2, 0) is 0 Å². The highest BCUT2D eigenvalue weighted by Gasteiger charge is 2.43. The molecule has 0 aliphatic carbocycles. The van der Waals surface area contributed by atoms with Crippen LogP contribution in [0.15, 0.2) is 77.1 Å². The highest BCUT2D eigenvalue weighted by Crippen LogP contribution is 2.44. The van der Waals surface area contributed by atoms with Gasteiger partial charge in [0.2, 0.25) is 5.71 Å². The van der Waals surface area contributed by atoms with E-state index in [2.05, 4.69) is 83.0 Å². The summed E-state index contributed by atoms with van der Waals surface area (Å²) in [6.45, 7) is 6.64. The first-order valence-electron chi connectivity index (χ1n) is 10.6. The summed E-state index contributed by atoms with van der Waals surface area (Å²) in [4.78, 5) is 13.9. The molecule has 0 bridgehead atoms. The van der Waals surface area contributed by atoms with Crippen molar-refractivity contribution in [3.05, 3.63) is 78.4 Å². The first kappa shape index (κ1) is 18.1. The molecule has 3 aromatic heterocycles. The van der Waals surface area contributed by atoms with Gasteiger partial charge in [0.1, 0.15) is 11.9 Å². The number of rotatable bonds is 2. The molecule has 1 aromatic carbocycles. The topological polar surface area (TPSA) is 48.6 Å². The molecular formula is C24H22BN5O. The van der Waals surface area contributed by atoms with Crippen LogP contribution in [-0.4, -0.2) is 27.9 Å². The first-order valence-corrected chi connectivity index (χ1v) is 10.6. The van der Waals surface area contributed by atoms with Crippen molar-refractivity contribution in [1.29, 1.82) is 0 Å². The van der Waals surface area contributed by atoms with E-state index in [1.54, 1.807) is 6.20 Å². The number of hydrazine groups is 1. The van der Waals surface area contributed by atoms with Crippen molar-refractivity contribution in [2.45, 2.75) is 26.8 Å². The van der Waals surface area contributed by atoms with Crippen molar-refractivity contribution in [3.8, 4) is 0 Å². The lowest BCUT2D eigenvalue weighted by Gasteiger charge is -2.43. The summed E-state index contributed by atoms with van der Waals surface area (Å²) in [5.41, 5.74) is 5.21. The first-order chi connectivity index (χ1) is 15.1. The molecule has 0 fully saturated rings. The monoisotopic (exact) mass is 407 g/mol. The van der Waals surface area contributed by atoms with Crippen LogP contribution in [0.5, 0.6) is 0 Å². The van der Waals surface area contributed by atoms with Crippen LogP contribution < -0.4 is 15.4 Å². The molecule has 0 amide bonds. The predicted molar refractivity (Wildman–Crippen MR) is 126 cm³/mol. The highest BCUT2D eigenvalue weighted by molar-refractivity contribution is 6.73. The Morgan fingerprint density at radius 2 is 1.74 bits per heavy atom. The minimum Gasteiger partial charge on any atom is -0.439 e. The van der Waals surface area contributed by atoms with Crippen LogP contribution in [0.4, 0.5) is 17.2 Å². The molecule has 1 atom stereocenters. The maximum Gasteiger partial charge on any atom is 0.315 e. The summed E-state index contributed by atoms with van der Waals surface area (Å²) in [6.07, 6.45) is 5.80. The number of pyridine rings is 2. The van der Waals surface area contributed by atoms with Crippen LogP contribution in [0.2, 0.25) is 6.82 Å². The third-order valence-electron chi connectivity index (χ3n) is 6.26. The van der Waals surface area contributed by atoms with Crippen LogP contribution >= 0.6 is 0 Å². The van der Waals surface area contributed by atoms with E-state index in [0.717, 1.165) is 39.5 Å². The number of para-hydroxylation sites is 1. The number of hydrogen-bond acceptors (Lipinski definition) is 6. The number of nitrogens with zero attached hydrogens (tertiary/aromatic N) is 5. The van der Waals surface area contributed by atoms with Gasteiger partial charge in [0.05, 0.1) is 5.69 Å². The number of fused-ring (bicyclic) bond motifs is 4. The summed E-state index contributed by atoms with van der Waals surface area (Å²) in [5, 5.41) is 3.36. The van der Waals surface area contributed by atoms with E-state index >= 15 is 0 Å². The van der Waals surface area contributed by atoms with Gasteiger partial charge in [0.15, 0.2) is 5.82 Å². The van der Waals surface area contributed by atoms with Crippen LogP contribution in [0.3, 0.4) is 0 Å². The zero-order chi connectivity index (χ0) is 21.1. The maximum atomic E-state index is 6.07. The largest absolute Gasteiger partial charge is 0.439 e. The molecule has 2 aliphatic heterocycles. The predicted octanol–water partition coefficient (Wildman–Crippen LogP) is 4.65. The van der Waals surface area contributed by atoms with Gasteiger partial charge in [-0.05, 0) is 56.3 Å². The van der Waals surface area contributed by atoms with Gasteiger partial charge in [-0.3, -0.25) is 5.01 Å². The Bertz CT molecular complexity index is 1320. The average molecular weight is 407 g/mol. The molecule has 6 nitrogen and oxygen atoms in total. The minimum atomic E-state index is 0.0518. The van der Waals surface area contributed by atoms with Gasteiger partial charge in [0.25, 0.3) is 0 Å². The van der Waals surface area contributed by atoms with Crippen molar-refractivity contribution >= 4 is 46.7 Å². The van der Waals surface area contributed by atoms with Crippen molar-refractivity contribution in [2.24, 2.45) is 0 Å². The molecule has 7 heteroatoms. The lowest BCUT2D eigenvalue weighted by atomic mass is 9.55. The number of allylic oxidation sites excluding steroid dienone is 1. The van der Waals surface area contributed by atoms with Crippen molar-refractivity contribution in [2.75, 3.05) is 9.91 Å². The fourth-order valence-electron chi connectivity index (χ4n) is 5.01. The lowest BCUT2D eigenvalue weighted by Crippen LogP contribution is -2.59. The van der Waals surface area contributed by atoms with Crippen LogP contribution in [0, 0.1) is 0 Å². The van der Waals surface area contributed by atoms with E-state index in [4.69, 9.17) is 9.40 Å². The van der Waals surface area contributed by atoms with E-state index in [1.807, 2.05) is 24.4 Å². The number of anilines is 3. The van der Waals surface area contributed by atoms with Crippen molar-refractivity contribution in [1.82, 2.24) is 14.9 Å². The Balaban J connectivity index is 1.50. The fourth-order valence-corrected chi connectivity index (χ4v) is 5.01. The van der Waals surface area contributed by atoms with E-state index in [0.29, 0.717) is 5.71 Å². The molecule has 0 saturated carbocycles. The summed E-state index contributed by atoms with van der Waals surface area (Å²) in [6, 6.07) is 18.7. The third kappa shape index (κ3) is 2.52. The van der Waals surface area contributed by atoms with E-state index in [9.17, 15) is 0 Å². The Morgan fingerprint density at radius 3 is 2.58 bits per heavy atom. The number of benzene rings is 1. The fraction of sp³-hybridized carbons (Fsp3) is 0.167.